The highest BCUT2D eigenvalue weighted by Gasteiger charge is 2.00. The predicted molar refractivity (Wildman–Crippen MR) is 102 cm³/mol. The fourth-order valence-electron chi connectivity index (χ4n) is 0.977. The highest BCUT2D eigenvalue weighted by atomic mass is 32.2. The van der Waals surface area contributed by atoms with Gasteiger partial charge in [0.1, 0.15) is 5.94 Å². The van der Waals surface area contributed by atoms with Crippen LogP contribution in [0.25, 0.3) is 0 Å². The van der Waals surface area contributed by atoms with Gasteiger partial charge in [-0.05, 0) is 6.92 Å². The van der Waals surface area contributed by atoms with Crippen molar-refractivity contribution in [1.29, 1.82) is 0 Å². The van der Waals surface area contributed by atoms with Gasteiger partial charge in [0.15, 0.2) is 0 Å². The van der Waals surface area contributed by atoms with E-state index in [1.165, 1.54) is 29.9 Å². The van der Waals surface area contributed by atoms with Crippen molar-refractivity contribution >= 4 is 59.5 Å². The Morgan fingerprint density at radius 1 is 1.22 bits per heavy atom. The van der Waals surface area contributed by atoms with Gasteiger partial charge in [-0.25, -0.2) is 4.79 Å². The maximum atomic E-state index is 11.3. The zero-order chi connectivity index (χ0) is 17.0. The highest BCUT2D eigenvalue weighted by Crippen LogP contribution is 2.11. The number of alkyl carbamates (subject to hydrolysis) is 1. The van der Waals surface area contributed by atoms with E-state index < -0.39 is 6.09 Å². The summed E-state index contributed by atoms with van der Waals surface area (Å²) in [6, 6.07) is 0. The van der Waals surface area contributed by atoms with Crippen molar-refractivity contribution in [2.45, 2.75) is 6.92 Å². The molecule has 136 valence electrons. The van der Waals surface area contributed by atoms with Crippen molar-refractivity contribution in [1.82, 2.24) is 5.32 Å². The molecule has 0 radical (unpaired) electrons. The molecule has 0 atom stereocenters. The first-order valence-electron chi connectivity index (χ1n) is 6.90. The number of amides is 1. The molecule has 1 amide bonds. The van der Waals surface area contributed by atoms with Gasteiger partial charge in [0, 0.05) is 28.2 Å². The van der Waals surface area contributed by atoms with E-state index >= 15 is 0 Å². The normalized spacial score (nSPS) is 10.9. The molecule has 0 fully saturated rings. The van der Waals surface area contributed by atoms with Crippen molar-refractivity contribution in [3.05, 3.63) is 0 Å². The van der Waals surface area contributed by atoms with E-state index in [1.807, 2.05) is 6.92 Å². The number of hydrogen-bond acceptors (Lipinski definition) is 10. The molecule has 0 aromatic heterocycles. The zero-order valence-electron chi connectivity index (χ0n) is 13.1. The van der Waals surface area contributed by atoms with E-state index in [2.05, 4.69) is 20.1 Å². The van der Waals surface area contributed by atoms with E-state index in [9.17, 15) is 4.79 Å². The molecule has 0 aliphatic carbocycles. The number of nitrogens with one attached hydrogen (secondary N) is 1. The summed E-state index contributed by atoms with van der Waals surface area (Å²) in [5.41, 5.74) is 0. The van der Waals surface area contributed by atoms with Gasteiger partial charge in [-0.3, -0.25) is 4.99 Å². The topological polar surface area (TPSA) is 89.4 Å². The minimum Gasteiger partial charge on any atom is -0.438 e. The molecule has 0 aliphatic heterocycles. The summed E-state index contributed by atoms with van der Waals surface area (Å²) in [6.07, 6.45) is 0.913. The van der Waals surface area contributed by atoms with Gasteiger partial charge in [-0.1, -0.05) is 0 Å². The van der Waals surface area contributed by atoms with E-state index in [1.54, 1.807) is 23.5 Å². The average molecular weight is 405 g/mol. The van der Waals surface area contributed by atoms with Crippen LogP contribution in [0, 0.1) is 0 Å². The molecular weight excluding hydrogens is 380 g/mol. The third-order valence-corrected chi connectivity index (χ3v) is 5.98. The molecule has 2 N–H and O–H groups in total. The number of thioether (sulfide) groups is 4. The molecule has 0 saturated heterocycles. The molecule has 0 unspecified atom stereocenters. The largest absolute Gasteiger partial charge is 0.438 e. The molecule has 0 saturated carbocycles. The minimum atomic E-state index is -0.400. The number of carbonyl (C=O) groups excluding carboxylic acids is 1. The molecule has 0 heterocycles. The summed E-state index contributed by atoms with van der Waals surface area (Å²) in [4.78, 5) is 24.6. The predicted octanol–water partition coefficient (Wildman–Crippen LogP) is 2.46. The Labute approximate surface area is 154 Å². The summed E-state index contributed by atoms with van der Waals surface area (Å²) in [6.45, 7) is 3.61. The first kappa shape index (κ1) is 23.1. The molecule has 0 rings (SSSR count). The lowest BCUT2D eigenvalue weighted by Crippen LogP contribution is -2.26. The smallest absolute Gasteiger partial charge is 0.407 e. The molecule has 0 aromatic rings. The number of rotatable bonds is 16. The molecule has 0 aliphatic rings. The lowest BCUT2D eigenvalue weighted by atomic mass is 10.7. The summed E-state index contributed by atoms with van der Waals surface area (Å²) < 4.78 is 4.95. The zero-order valence-corrected chi connectivity index (χ0v) is 16.4. The van der Waals surface area contributed by atoms with Crippen LogP contribution in [0.5, 0.6) is 0 Å². The number of ether oxygens (including phenoxy) is 1. The minimum absolute atomic E-state index is 0.0852. The van der Waals surface area contributed by atoms with Crippen LogP contribution < -0.4 is 5.32 Å². The Bertz CT molecular complexity index is 301. The Morgan fingerprint density at radius 2 is 2.00 bits per heavy atom. The van der Waals surface area contributed by atoms with Crippen LogP contribution in [0.4, 0.5) is 4.79 Å². The average Bonchev–Trinajstić information content (AvgIpc) is 2.55. The van der Waals surface area contributed by atoms with Crippen LogP contribution in [0.3, 0.4) is 0 Å². The standard InChI is InChI=1S/C12H24N2O5S4/c1-2-18-19-7-13-3-5-20-10-21-6-4-14-12(16)17-9-23-11-22-8-15/h7,15H,2-6,8-11H2,1H3,(H,14,16). The summed E-state index contributed by atoms with van der Waals surface area (Å²) in [7, 11) is 0. The van der Waals surface area contributed by atoms with Crippen molar-refractivity contribution in [2.75, 3.05) is 53.2 Å². The van der Waals surface area contributed by atoms with Crippen molar-refractivity contribution in [2.24, 2.45) is 4.99 Å². The Kier molecular flexibility index (Phi) is 20.2. The summed E-state index contributed by atoms with van der Waals surface area (Å²) in [5.74, 6) is 2.14. The number of carbonyl (C=O) groups is 1. The van der Waals surface area contributed by atoms with Crippen LogP contribution in [-0.4, -0.2) is 70.9 Å². The Balaban J connectivity index is 3.17. The van der Waals surface area contributed by atoms with Gasteiger partial charge in [-0.15, -0.1) is 47.0 Å². The third-order valence-electron chi connectivity index (χ3n) is 1.88. The molecule has 0 spiro atoms. The Hall–Kier alpha value is 0.0600. The first-order chi connectivity index (χ1) is 11.3. The fraction of sp³-hybridized carbons (Fsp3) is 0.833. The summed E-state index contributed by atoms with van der Waals surface area (Å²) >= 11 is 6.36. The van der Waals surface area contributed by atoms with E-state index in [0.717, 1.165) is 16.6 Å². The number of aliphatic hydroxyl groups excluding tert-OH is 1. The Morgan fingerprint density at radius 3 is 2.78 bits per heavy atom. The van der Waals surface area contributed by atoms with Gasteiger partial charge < -0.3 is 20.0 Å². The second-order valence-electron chi connectivity index (χ2n) is 3.58. The van der Waals surface area contributed by atoms with Crippen LogP contribution in [-0.2, 0) is 14.5 Å². The maximum Gasteiger partial charge on any atom is 0.407 e. The number of aliphatic imine (C=N–C) groups is 1. The van der Waals surface area contributed by atoms with Gasteiger partial charge >= 0.3 is 6.09 Å². The number of aliphatic hydroxyl groups is 1. The van der Waals surface area contributed by atoms with Gasteiger partial charge in [-0.2, -0.15) is 4.89 Å². The maximum absolute atomic E-state index is 11.3. The SMILES string of the molecule is CCOOC=NCCSCSCCNC(=O)OCSCSCO. The molecule has 23 heavy (non-hydrogen) atoms. The van der Waals surface area contributed by atoms with Crippen LogP contribution in [0.1, 0.15) is 6.92 Å². The second-order valence-corrected chi connectivity index (χ2v) is 8.41. The lowest BCUT2D eigenvalue weighted by molar-refractivity contribution is -0.211. The van der Waals surface area contributed by atoms with Crippen LogP contribution in [0.15, 0.2) is 4.99 Å². The van der Waals surface area contributed by atoms with Crippen LogP contribution in [0.2, 0.25) is 0 Å². The number of hydrogen-bond donors (Lipinski definition) is 2. The van der Waals surface area contributed by atoms with Gasteiger partial charge in [0.25, 0.3) is 0 Å². The lowest BCUT2D eigenvalue weighted by Gasteiger charge is -2.06. The first-order valence-corrected chi connectivity index (χ1v) is 11.5. The molecule has 0 aromatic carbocycles. The summed E-state index contributed by atoms with van der Waals surface area (Å²) in [5, 5.41) is 12.9. The van der Waals surface area contributed by atoms with Gasteiger partial charge in [0.2, 0.25) is 6.40 Å². The fourth-order valence-corrected chi connectivity index (χ4v) is 4.10. The van der Waals surface area contributed by atoms with E-state index in [0.29, 0.717) is 30.7 Å². The quantitative estimate of drug-likeness (QED) is 0.101. The van der Waals surface area contributed by atoms with Crippen LogP contribution >= 0.6 is 47.0 Å². The van der Waals surface area contributed by atoms with Crippen molar-refractivity contribution in [3.8, 4) is 0 Å². The van der Waals surface area contributed by atoms with Crippen molar-refractivity contribution < 1.29 is 24.4 Å². The van der Waals surface area contributed by atoms with E-state index in [-0.39, 0.29) is 5.94 Å². The molecular formula is C12H24N2O5S4. The van der Waals surface area contributed by atoms with Gasteiger partial charge in [0.05, 0.1) is 19.1 Å². The van der Waals surface area contributed by atoms with Crippen molar-refractivity contribution in [3.63, 3.8) is 0 Å². The molecule has 7 nitrogen and oxygen atoms in total. The molecule has 0 bridgehead atoms. The number of nitrogens with zero attached hydrogens (tertiary/aromatic N) is 1. The third kappa shape index (κ3) is 20.0. The molecule has 11 heteroatoms. The second kappa shape index (κ2) is 20.1. The van der Waals surface area contributed by atoms with E-state index in [4.69, 9.17) is 9.84 Å². The monoisotopic (exact) mass is 404 g/mol. The highest BCUT2D eigenvalue weighted by molar-refractivity contribution is 8.16.